The lowest BCUT2D eigenvalue weighted by molar-refractivity contribution is 0.0824. The quantitative estimate of drug-likeness (QED) is 0.411. The molecule has 7 nitrogen and oxygen atoms in total. The van der Waals surface area contributed by atoms with Gasteiger partial charge in [-0.3, -0.25) is 4.99 Å². The van der Waals surface area contributed by atoms with E-state index in [2.05, 4.69) is 34.2 Å². The minimum absolute atomic E-state index is 0.106. The molecular weight excluding hydrogens is 368 g/mol. The third-order valence-corrected chi connectivity index (χ3v) is 5.80. The first-order valence-electron chi connectivity index (χ1n) is 10.8. The fourth-order valence-corrected chi connectivity index (χ4v) is 4.11. The third-order valence-electron chi connectivity index (χ3n) is 5.80. The van der Waals surface area contributed by atoms with Gasteiger partial charge in [0.2, 0.25) is 0 Å². The van der Waals surface area contributed by atoms with Crippen LogP contribution in [-0.2, 0) is 13.0 Å². The maximum Gasteiger partial charge on any atom is 0.194 e. The van der Waals surface area contributed by atoms with E-state index in [0.29, 0.717) is 0 Å². The highest BCUT2D eigenvalue weighted by Crippen LogP contribution is 2.33. The van der Waals surface area contributed by atoms with E-state index in [4.69, 9.17) is 14.5 Å². The zero-order valence-corrected chi connectivity index (χ0v) is 18.1. The standard InChI is InChI=1S/C22H36N4O3/c1-4-23-22(24-9-5-10-25-11-7-19(27)8-12-25)26-13-6-17-14-20(28-2)21(29-3)15-18(17)16-26/h14-15,19,27H,4-13,16H2,1-3H3,(H,23,24). The summed E-state index contributed by atoms with van der Waals surface area (Å²) in [6.07, 6.45) is 3.70. The molecule has 0 aromatic heterocycles. The zero-order valence-electron chi connectivity index (χ0n) is 18.1. The highest BCUT2D eigenvalue weighted by atomic mass is 16.5. The largest absolute Gasteiger partial charge is 0.493 e. The molecule has 3 rings (SSSR count). The topological polar surface area (TPSA) is 69.6 Å². The van der Waals surface area contributed by atoms with Crippen molar-refractivity contribution in [1.29, 1.82) is 0 Å². The zero-order chi connectivity index (χ0) is 20.6. The molecule has 1 fully saturated rings. The van der Waals surface area contributed by atoms with Crippen molar-refractivity contribution in [2.75, 3.05) is 53.5 Å². The third kappa shape index (κ3) is 5.76. The highest BCUT2D eigenvalue weighted by Gasteiger charge is 2.22. The van der Waals surface area contributed by atoms with E-state index < -0.39 is 0 Å². The lowest BCUT2D eigenvalue weighted by atomic mass is 9.99. The average molecular weight is 405 g/mol. The van der Waals surface area contributed by atoms with Crippen LogP contribution in [0.15, 0.2) is 17.1 Å². The van der Waals surface area contributed by atoms with Crippen molar-refractivity contribution in [3.05, 3.63) is 23.3 Å². The van der Waals surface area contributed by atoms with E-state index >= 15 is 0 Å². The number of aliphatic hydroxyl groups excluding tert-OH is 1. The molecule has 2 heterocycles. The predicted octanol–water partition coefficient (Wildman–Crippen LogP) is 1.87. The van der Waals surface area contributed by atoms with Gasteiger partial charge in [-0.15, -0.1) is 0 Å². The van der Waals surface area contributed by atoms with Crippen molar-refractivity contribution in [1.82, 2.24) is 15.1 Å². The molecule has 0 atom stereocenters. The Balaban J connectivity index is 1.58. The Morgan fingerprint density at radius 3 is 2.48 bits per heavy atom. The minimum Gasteiger partial charge on any atom is -0.493 e. The lowest BCUT2D eigenvalue weighted by Crippen LogP contribution is -2.44. The summed E-state index contributed by atoms with van der Waals surface area (Å²) < 4.78 is 10.9. The van der Waals surface area contributed by atoms with E-state index in [1.54, 1.807) is 14.2 Å². The number of nitrogens with one attached hydrogen (secondary N) is 1. The molecule has 0 radical (unpaired) electrons. The summed E-state index contributed by atoms with van der Waals surface area (Å²) in [6.45, 7) is 8.60. The van der Waals surface area contributed by atoms with E-state index in [-0.39, 0.29) is 6.10 Å². The van der Waals surface area contributed by atoms with Gasteiger partial charge >= 0.3 is 0 Å². The molecule has 7 heteroatoms. The molecule has 29 heavy (non-hydrogen) atoms. The van der Waals surface area contributed by atoms with Crippen LogP contribution in [0.25, 0.3) is 0 Å². The second kappa shape index (κ2) is 10.7. The van der Waals surface area contributed by atoms with Gasteiger partial charge in [-0.2, -0.15) is 0 Å². The number of hydrogen-bond donors (Lipinski definition) is 2. The number of ether oxygens (including phenoxy) is 2. The fraction of sp³-hybridized carbons (Fsp3) is 0.682. The van der Waals surface area contributed by atoms with Crippen molar-refractivity contribution in [3.8, 4) is 11.5 Å². The van der Waals surface area contributed by atoms with Crippen molar-refractivity contribution in [2.45, 2.75) is 45.3 Å². The van der Waals surface area contributed by atoms with Crippen LogP contribution in [-0.4, -0.2) is 80.5 Å². The summed E-state index contributed by atoms with van der Waals surface area (Å²) in [6, 6.07) is 4.19. The van der Waals surface area contributed by atoms with Crippen LogP contribution < -0.4 is 14.8 Å². The maximum absolute atomic E-state index is 9.63. The number of aliphatic hydroxyl groups is 1. The van der Waals surface area contributed by atoms with Gasteiger partial charge in [0.15, 0.2) is 17.5 Å². The maximum atomic E-state index is 9.63. The molecule has 1 aromatic rings. The minimum atomic E-state index is -0.106. The van der Waals surface area contributed by atoms with Gasteiger partial charge in [0, 0.05) is 39.3 Å². The average Bonchev–Trinajstić information content (AvgIpc) is 2.75. The van der Waals surface area contributed by atoms with Gasteiger partial charge in [0.05, 0.1) is 20.3 Å². The second-order valence-electron chi connectivity index (χ2n) is 7.81. The highest BCUT2D eigenvalue weighted by molar-refractivity contribution is 5.80. The Hall–Kier alpha value is -1.99. The van der Waals surface area contributed by atoms with Crippen LogP contribution in [0.5, 0.6) is 11.5 Å². The molecule has 2 aliphatic rings. The van der Waals surface area contributed by atoms with Crippen LogP contribution >= 0.6 is 0 Å². The first-order valence-corrected chi connectivity index (χ1v) is 10.8. The van der Waals surface area contributed by atoms with Gasteiger partial charge in [0.1, 0.15) is 0 Å². The van der Waals surface area contributed by atoms with E-state index in [1.165, 1.54) is 11.1 Å². The lowest BCUT2D eigenvalue weighted by Gasteiger charge is -2.32. The van der Waals surface area contributed by atoms with Crippen molar-refractivity contribution in [3.63, 3.8) is 0 Å². The van der Waals surface area contributed by atoms with E-state index in [0.717, 1.165) is 89.0 Å². The molecular formula is C22H36N4O3. The summed E-state index contributed by atoms with van der Waals surface area (Å²) >= 11 is 0. The molecule has 0 spiro atoms. The van der Waals surface area contributed by atoms with Crippen LogP contribution in [0, 0.1) is 0 Å². The Bertz CT molecular complexity index is 687. The number of hydrogen-bond acceptors (Lipinski definition) is 5. The molecule has 0 amide bonds. The molecule has 2 aliphatic heterocycles. The van der Waals surface area contributed by atoms with Crippen molar-refractivity contribution in [2.24, 2.45) is 4.99 Å². The Morgan fingerprint density at radius 1 is 1.14 bits per heavy atom. The molecule has 0 saturated carbocycles. The number of benzene rings is 1. The number of guanidine groups is 1. The molecule has 1 aromatic carbocycles. The van der Waals surface area contributed by atoms with Crippen LogP contribution in [0.1, 0.15) is 37.3 Å². The smallest absolute Gasteiger partial charge is 0.194 e. The van der Waals surface area contributed by atoms with Gasteiger partial charge in [-0.1, -0.05) is 0 Å². The van der Waals surface area contributed by atoms with Crippen LogP contribution in [0.3, 0.4) is 0 Å². The molecule has 162 valence electrons. The predicted molar refractivity (Wildman–Crippen MR) is 116 cm³/mol. The van der Waals surface area contributed by atoms with Gasteiger partial charge in [-0.25, -0.2) is 0 Å². The number of piperidine rings is 1. The first-order chi connectivity index (χ1) is 14.1. The summed E-state index contributed by atoms with van der Waals surface area (Å²) in [7, 11) is 3.36. The van der Waals surface area contributed by atoms with Crippen molar-refractivity contribution < 1.29 is 14.6 Å². The Morgan fingerprint density at radius 2 is 1.83 bits per heavy atom. The Kier molecular flexibility index (Phi) is 8.00. The summed E-state index contributed by atoms with van der Waals surface area (Å²) in [5.74, 6) is 2.56. The summed E-state index contributed by atoms with van der Waals surface area (Å²) in [4.78, 5) is 9.65. The van der Waals surface area contributed by atoms with Gasteiger partial charge < -0.3 is 29.7 Å². The molecule has 0 unspecified atom stereocenters. The number of methoxy groups -OCH3 is 2. The monoisotopic (exact) mass is 404 g/mol. The SMILES string of the molecule is CCNC(=NCCCN1CCC(O)CC1)N1CCc2cc(OC)c(OC)cc2C1. The first kappa shape index (κ1) is 21.7. The molecule has 1 saturated heterocycles. The van der Waals surface area contributed by atoms with E-state index in [1.807, 2.05) is 0 Å². The second-order valence-corrected chi connectivity index (χ2v) is 7.81. The molecule has 0 aliphatic carbocycles. The molecule has 0 bridgehead atoms. The molecule has 2 N–H and O–H groups in total. The van der Waals surface area contributed by atoms with E-state index in [9.17, 15) is 5.11 Å². The van der Waals surface area contributed by atoms with Gasteiger partial charge in [-0.05, 0) is 62.4 Å². The number of fused-ring (bicyclic) bond motifs is 1. The van der Waals surface area contributed by atoms with Gasteiger partial charge in [0.25, 0.3) is 0 Å². The summed E-state index contributed by atoms with van der Waals surface area (Å²) in [5, 5.41) is 13.1. The fourth-order valence-electron chi connectivity index (χ4n) is 4.11. The normalized spacial score (nSPS) is 18.5. The number of rotatable bonds is 7. The summed E-state index contributed by atoms with van der Waals surface area (Å²) in [5.41, 5.74) is 2.59. The number of likely N-dealkylation sites (tertiary alicyclic amines) is 1. The van der Waals surface area contributed by atoms with Crippen LogP contribution in [0.2, 0.25) is 0 Å². The Labute approximate surface area is 174 Å². The van der Waals surface area contributed by atoms with Crippen LogP contribution in [0.4, 0.5) is 0 Å². The van der Waals surface area contributed by atoms with Crippen molar-refractivity contribution >= 4 is 5.96 Å². The number of aliphatic imine (C=N–C) groups is 1. The number of nitrogens with zero attached hydrogens (tertiary/aromatic N) is 3.